The van der Waals surface area contributed by atoms with Gasteiger partial charge in [-0.15, -0.1) is 0 Å². The predicted molar refractivity (Wildman–Crippen MR) is 85.9 cm³/mol. The first-order valence-corrected chi connectivity index (χ1v) is 8.36. The van der Waals surface area contributed by atoms with Crippen molar-refractivity contribution < 1.29 is 23.1 Å². The molecule has 0 spiro atoms. The molecule has 2 N–H and O–H groups in total. The number of carboxylic acid groups (broad SMARTS) is 1. The summed E-state index contributed by atoms with van der Waals surface area (Å²) in [6.07, 6.45) is -0.261. The predicted octanol–water partition coefficient (Wildman–Crippen LogP) is 2.12. The molecular formula is C16H17NO5S. The van der Waals surface area contributed by atoms with Gasteiger partial charge in [0.2, 0.25) is 10.0 Å². The van der Waals surface area contributed by atoms with E-state index in [0.29, 0.717) is 0 Å². The van der Waals surface area contributed by atoms with Crippen molar-refractivity contribution >= 4 is 16.0 Å². The summed E-state index contributed by atoms with van der Waals surface area (Å²) in [5, 5.41) is 8.54. The van der Waals surface area contributed by atoms with Crippen molar-refractivity contribution in [2.24, 2.45) is 0 Å². The van der Waals surface area contributed by atoms with Gasteiger partial charge >= 0.3 is 5.97 Å². The maximum atomic E-state index is 12.0. The zero-order valence-electron chi connectivity index (χ0n) is 12.5. The molecule has 0 radical (unpaired) electrons. The Morgan fingerprint density at radius 2 is 1.57 bits per heavy atom. The summed E-state index contributed by atoms with van der Waals surface area (Å²) >= 11 is 0. The third kappa shape index (κ3) is 4.54. The minimum Gasteiger partial charge on any atom is -0.497 e. The Morgan fingerprint density at radius 1 is 1.04 bits per heavy atom. The van der Waals surface area contributed by atoms with Crippen LogP contribution >= 0.6 is 0 Å². The van der Waals surface area contributed by atoms with E-state index >= 15 is 0 Å². The van der Waals surface area contributed by atoms with Crippen LogP contribution in [0.5, 0.6) is 5.75 Å². The van der Waals surface area contributed by atoms with Gasteiger partial charge in [0.25, 0.3) is 0 Å². The molecule has 0 aliphatic heterocycles. The van der Waals surface area contributed by atoms with E-state index in [1.807, 2.05) is 24.3 Å². The lowest BCUT2D eigenvalue weighted by atomic mass is 10.1. The molecule has 122 valence electrons. The lowest BCUT2D eigenvalue weighted by Gasteiger charge is -2.07. The van der Waals surface area contributed by atoms with E-state index in [0.717, 1.165) is 16.9 Å². The van der Waals surface area contributed by atoms with E-state index in [4.69, 9.17) is 9.84 Å². The van der Waals surface area contributed by atoms with Gasteiger partial charge in [0, 0.05) is 6.54 Å². The highest BCUT2D eigenvalue weighted by atomic mass is 32.2. The van der Waals surface area contributed by atoms with Crippen LogP contribution in [0.4, 0.5) is 0 Å². The molecule has 0 heterocycles. The Balaban J connectivity index is 2.13. The molecule has 2 aromatic rings. The third-order valence-electron chi connectivity index (χ3n) is 3.22. The van der Waals surface area contributed by atoms with Crippen molar-refractivity contribution in [1.29, 1.82) is 0 Å². The van der Waals surface area contributed by atoms with Crippen LogP contribution in [0.2, 0.25) is 0 Å². The Morgan fingerprint density at radius 3 is 2.04 bits per heavy atom. The first kappa shape index (κ1) is 17.0. The highest BCUT2D eigenvalue weighted by molar-refractivity contribution is 7.89. The standard InChI is InChI=1S/C16H17NO5S/c1-22-14-6-2-12(3-7-14)13-4-8-15(9-5-13)23(20,21)17-11-10-16(18)19/h2-9,17H,10-11H2,1H3,(H,18,19). The van der Waals surface area contributed by atoms with Gasteiger partial charge in [0.1, 0.15) is 5.75 Å². The first-order chi connectivity index (χ1) is 10.9. The molecule has 0 aliphatic rings. The van der Waals surface area contributed by atoms with Crippen LogP contribution in [-0.2, 0) is 14.8 Å². The largest absolute Gasteiger partial charge is 0.497 e. The Hall–Kier alpha value is -2.38. The van der Waals surface area contributed by atoms with Crippen molar-refractivity contribution in [3.8, 4) is 16.9 Å². The van der Waals surface area contributed by atoms with E-state index in [1.54, 1.807) is 19.2 Å². The molecular weight excluding hydrogens is 318 g/mol. The van der Waals surface area contributed by atoms with E-state index in [-0.39, 0.29) is 17.9 Å². The van der Waals surface area contributed by atoms with Gasteiger partial charge < -0.3 is 9.84 Å². The smallest absolute Gasteiger partial charge is 0.304 e. The van der Waals surface area contributed by atoms with Crippen LogP contribution in [0.25, 0.3) is 11.1 Å². The zero-order valence-corrected chi connectivity index (χ0v) is 13.3. The molecule has 0 aromatic heterocycles. The van der Waals surface area contributed by atoms with Gasteiger partial charge in [-0.25, -0.2) is 13.1 Å². The number of rotatable bonds is 7. The number of sulfonamides is 1. The van der Waals surface area contributed by atoms with Crippen molar-refractivity contribution in [3.05, 3.63) is 48.5 Å². The molecule has 0 bridgehead atoms. The monoisotopic (exact) mass is 335 g/mol. The molecule has 0 aliphatic carbocycles. The summed E-state index contributed by atoms with van der Waals surface area (Å²) in [5.74, 6) is -0.307. The fourth-order valence-electron chi connectivity index (χ4n) is 1.99. The summed E-state index contributed by atoms with van der Waals surface area (Å²) < 4.78 is 31.4. The lowest BCUT2D eigenvalue weighted by molar-refractivity contribution is -0.136. The molecule has 2 rings (SSSR count). The number of nitrogens with one attached hydrogen (secondary N) is 1. The van der Waals surface area contributed by atoms with Crippen LogP contribution in [0.1, 0.15) is 6.42 Å². The number of carbonyl (C=O) groups is 1. The van der Waals surface area contributed by atoms with Gasteiger partial charge in [0.15, 0.2) is 0 Å². The second-order valence-electron chi connectivity index (χ2n) is 4.79. The minimum absolute atomic E-state index is 0.0974. The Bertz CT molecular complexity index is 767. The van der Waals surface area contributed by atoms with Gasteiger partial charge in [-0.3, -0.25) is 4.79 Å². The van der Waals surface area contributed by atoms with E-state index < -0.39 is 16.0 Å². The second-order valence-corrected chi connectivity index (χ2v) is 6.56. The van der Waals surface area contributed by atoms with E-state index in [1.165, 1.54) is 12.1 Å². The summed E-state index contributed by atoms with van der Waals surface area (Å²) in [6.45, 7) is -0.141. The van der Waals surface area contributed by atoms with Gasteiger partial charge in [-0.1, -0.05) is 24.3 Å². The number of methoxy groups -OCH3 is 1. The third-order valence-corrected chi connectivity index (χ3v) is 4.70. The van der Waals surface area contributed by atoms with Gasteiger partial charge in [-0.05, 0) is 35.4 Å². The van der Waals surface area contributed by atoms with E-state index in [9.17, 15) is 13.2 Å². The minimum atomic E-state index is -3.70. The van der Waals surface area contributed by atoms with Crippen LogP contribution in [0, 0.1) is 0 Å². The fourth-order valence-corrected chi connectivity index (χ4v) is 3.02. The topological polar surface area (TPSA) is 92.7 Å². The highest BCUT2D eigenvalue weighted by Crippen LogP contribution is 2.23. The first-order valence-electron chi connectivity index (χ1n) is 6.88. The number of benzene rings is 2. The second kappa shape index (κ2) is 7.26. The SMILES string of the molecule is COc1ccc(-c2ccc(S(=O)(=O)NCCC(=O)O)cc2)cc1. The van der Waals surface area contributed by atoms with Crippen molar-refractivity contribution in [2.45, 2.75) is 11.3 Å². The molecule has 6 nitrogen and oxygen atoms in total. The number of aliphatic carboxylic acids is 1. The Labute approximate surface area is 134 Å². The maximum Gasteiger partial charge on any atom is 0.304 e. The molecule has 23 heavy (non-hydrogen) atoms. The van der Waals surface area contributed by atoms with Crippen molar-refractivity contribution in [1.82, 2.24) is 4.72 Å². The number of carboxylic acids is 1. The van der Waals surface area contributed by atoms with Gasteiger partial charge in [-0.2, -0.15) is 0 Å². The quantitative estimate of drug-likeness (QED) is 0.808. The van der Waals surface area contributed by atoms with Crippen molar-refractivity contribution in [2.75, 3.05) is 13.7 Å². The maximum absolute atomic E-state index is 12.0. The lowest BCUT2D eigenvalue weighted by Crippen LogP contribution is -2.26. The van der Waals surface area contributed by atoms with E-state index in [2.05, 4.69) is 4.72 Å². The summed E-state index contributed by atoms with van der Waals surface area (Å²) in [7, 11) is -2.11. The van der Waals surface area contributed by atoms with Crippen LogP contribution in [-0.4, -0.2) is 33.1 Å². The summed E-state index contributed by atoms with van der Waals surface area (Å²) in [6, 6.07) is 13.8. The fraction of sp³-hybridized carbons (Fsp3) is 0.188. The highest BCUT2D eigenvalue weighted by Gasteiger charge is 2.14. The number of hydrogen-bond acceptors (Lipinski definition) is 4. The Kier molecular flexibility index (Phi) is 5.36. The average Bonchev–Trinajstić information content (AvgIpc) is 2.54. The zero-order chi connectivity index (χ0) is 16.9. The normalized spacial score (nSPS) is 11.2. The number of ether oxygens (including phenoxy) is 1. The average molecular weight is 335 g/mol. The molecule has 0 atom stereocenters. The van der Waals surface area contributed by atoms with Crippen LogP contribution in [0.3, 0.4) is 0 Å². The molecule has 0 saturated heterocycles. The number of hydrogen-bond donors (Lipinski definition) is 2. The summed E-state index contributed by atoms with van der Waals surface area (Å²) in [4.78, 5) is 10.5. The molecule has 0 saturated carbocycles. The molecule has 2 aromatic carbocycles. The molecule has 0 unspecified atom stereocenters. The molecule has 0 fully saturated rings. The van der Waals surface area contributed by atoms with Gasteiger partial charge in [0.05, 0.1) is 18.4 Å². The van der Waals surface area contributed by atoms with Crippen LogP contribution < -0.4 is 9.46 Å². The molecule has 7 heteroatoms. The van der Waals surface area contributed by atoms with Crippen LogP contribution in [0.15, 0.2) is 53.4 Å². The van der Waals surface area contributed by atoms with Crippen molar-refractivity contribution in [3.63, 3.8) is 0 Å². The summed E-state index contributed by atoms with van der Waals surface area (Å²) in [5.41, 5.74) is 1.81. The molecule has 0 amide bonds.